The molecule has 0 amide bonds. The highest BCUT2D eigenvalue weighted by Crippen LogP contribution is 2.63. The van der Waals surface area contributed by atoms with Crippen molar-refractivity contribution in [3.8, 4) is 0 Å². The fourth-order valence-electron chi connectivity index (χ4n) is 1.42. The smallest absolute Gasteiger partial charge is 0.323 e. The van der Waals surface area contributed by atoms with E-state index in [2.05, 4.69) is 4.84 Å². The van der Waals surface area contributed by atoms with Crippen molar-refractivity contribution in [1.82, 2.24) is 0 Å². The molecule has 0 aromatic carbocycles. The lowest BCUT2D eigenvalue weighted by molar-refractivity contribution is -0.779. The van der Waals surface area contributed by atoms with E-state index in [4.69, 9.17) is 9.79 Å². The van der Waals surface area contributed by atoms with Crippen molar-refractivity contribution in [3.05, 3.63) is 10.1 Å². The Balaban J connectivity index is 5.89. The topological polar surface area (TPSA) is 110 Å². The lowest BCUT2D eigenvalue weighted by Crippen LogP contribution is -2.49. The highest BCUT2D eigenvalue weighted by Gasteiger charge is 2.63. The molecular formula is C7H13F3NO6P. The van der Waals surface area contributed by atoms with Crippen LogP contribution in [-0.4, -0.2) is 26.4 Å². The molecule has 11 heteroatoms. The minimum atomic E-state index is -5.56. The first kappa shape index (κ1) is 17.1. The number of hydrogen-bond donors (Lipinski definition) is 2. The van der Waals surface area contributed by atoms with Crippen LogP contribution < -0.4 is 0 Å². The molecule has 1 unspecified atom stereocenters. The molecule has 0 aliphatic heterocycles. The summed E-state index contributed by atoms with van der Waals surface area (Å²) in [6.45, 7) is 3.05. The number of hydrogen-bond acceptors (Lipinski definition) is 4. The molecule has 0 aliphatic rings. The van der Waals surface area contributed by atoms with Crippen molar-refractivity contribution in [1.29, 1.82) is 0 Å². The van der Waals surface area contributed by atoms with Crippen molar-refractivity contribution < 1.29 is 37.4 Å². The van der Waals surface area contributed by atoms with Gasteiger partial charge in [-0.1, -0.05) is 20.8 Å². The summed E-state index contributed by atoms with van der Waals surface area (Å²) in [7, 11) is -5.56. The molecule has 0 aliphatic carbocycles. The predicted molar refractivity (Wildman–Crippen MR) is 53.0 cm³/mol. The van der Waals surface area contributed by atoms with E-state index in [9.17, 15) is 27.9 Å². The van der Waals surface area contributed by atoms with Crippen LogP contribution >= 0.6 is 7.60 Å². The first-order valence-corrected chi connectivity index (χ1v) is 6.19. The minimum Gasteiger partial charge on any atom is -0.323 e. The Morgan fingerprint density at radius 2 is 1.67 bits per heavy atom. The van der Waals surface area contributed by atoms with E-state index >= 15 is 0 Å². The van der Waals surface area contributed by atoms with Crippen LogP contribution in [0.3, 0.4) is 0 Å². The lowest BCUT2D eigenvalue weighted by atomic mass is 9.86. The van der Waals surface area contributed by atoms with Crippen molar-refractivity contribution in [2.45, 2.75) is 38.7 Å². The maximum absolute atomic E-state index is 12.4. The predicted octanol–water partition coefficient (Wildman–Crippen LogP) is 2.07. The van der Waals surface area contributed by atoms with Crippen LogP contribution in [0.15, 0.2) is 0 Å². The Kier molecular flexibility index (Phi) is 4.45. The summed E-state index contributed by atoms with van der Waals surface area (Å²) in [6, 6.07) is 0. The molecule has 0 saturated heterocycles. The van der Waals surface area contributed by atoms with Gasteiger partial charge in [-0.15, -0.1) is 10.1 Å². The highest BCUT2D eigenvalue weighted by molar-refractivity contribution is 7.53. The van der Waals surface area contributed by atoms with Gasteiger partial charge in [0.1, 0.15) is 0 Å². The third-order valence-electron chi connectivity index (χ3n) is 2.31. The summed E-state index contributed by atoms with van der Waals surface area (Å²) in [6.07, 6.45) is -7.17. The molecule has 1 atom stereocenters. The van der Waals surface area contributed by atoms with Gasteiger partial charge < -0.3 is 9.79 Å². The van der Waals surface area contributed by atoms with Crippen LogP contribution in [0, 0.1) is 15.5 Å². The van der Waals surface area contributed by atoms with Gasteiger partial charge in [-0.3, -0.25) is 9.40 Å². The number of rotatable bonds is 4. The zero-order valence-electron chi connectivity index (χ0n) is 9.76. The molecule has 108 valence electrons. The van der Waals surface area contributed by atoms with Crippen LogP contribution in [0.25, 0.3) is 0 Å². The van der Waals surface area contributed by atoms with Crippen LogP contribution in [0.5, 0.6) is 0 Å². The second-order valence-corrected chi connectivity index (χ2v) is 6.50. The van der Waals surface area contributed by atoms with E-state index in [0.717, 1.165) is 20.8 Å². The molecule has 7 nitrogen and oxygen atoms in total. The minimum absolute atomic E-state index is 1.02. The Bertz CT molecular complexity index is 372. The van der Waals surface area contributed by atoms with E-state index in [1.54, 1.807) is 0 Å². The third kappa shape index (κ3) is 3.82. The Morgan fingerprint density at radius 3 is 1.83 bits per heavy atom. The van der Waals surface area contributed by atoms with Gasteiger partial charge in [0.2, 0.25) is 5.34 Å². The molecule has 0 heterocycles. The summed E-state index contributed by atoms with van der Waals surface area (Å²) >= 11 is 0. The molecule has 0 bridgehead atoms. The third-order valence-corrected chi connectivity index (χ3v) is 4.16. The zero-order chi connectivity index (χ0) is 15.0. The normalized spacial score (nSPS) is 17.1. The van der Waals surface area contributed by atoms with Crippen molar-refractivity contribution in [2.24, 2.45) is 5.41 Å². The number of alkyl halides is 3. The molecule has 0 rings (SSSR count). The molecule has 0 aromatic heterocycles. The Morgan fingerprint density at radius 1 is 1.28 bits per heavy atom. The van der Waals surface area contributed by atoms with Gasteiger partial charge in [0.25, 0.3) is 5.09 Å². The highest BCUT2D eigenvalue weighted by atomic mass is 31.2. The summed E-state index contributed by atoms with van der Waals surface area (Å²) in [5.41, 5.74) is -1.81. The van der Waals surface area contributed by atoms with E-state index in [0.29, 0.717) is 0 Å². The second-order valence-electron chi connectivity index (χ2n) is 4.69. The lowest BCUT2D eigenvalue weighted by Gasteiger charge is -2.42. The van der Waals surface area contributed by atoms with Gasteiger partial charge in [-0.05, 0) is 0 Å². The van der Waals surface area contributed by atoms with Crippen molar-refractivity contribution in [2.75, 3.05) is 0 Å². The second kappa shape index (κ2) is 4.67. The average molecular weight is 295 g/mol. The molecular weight excluding hydrogens is 282 g/mol. The van der Waals surface area contributed by atoms with Gasteiger partial charge in [0, 0.05) is 5.41 Å². The number of nitrogens with zero attached hydrogens (tertiary/aromatic N) is 1. The maximum atomic E-state index is 12.4. The van der Waals surface area contributed by atoms with Crippen LogP contribution in [0.4, 0.5) is 13.2 Å². The molecule has 0 aromatic rings. The van der Waals surface area contributed by atoms with Crippen LogP contribution in [-0.2, 0) is 9.40 Å². The van der Waals surface area contributed by atoms with Crippen molar-refractivity contribution >= 4 is 7.60 Å². The summed E-state index contributed by atoms with van der Waals surface area (Å²) in [4.78, 5) is 32.2. The summed E-state index contributed by atoms with van der Waals surface area (Å²) in [5.74, 6) is 0. The summed E-state index contributed by atoms with van der Waals surface area (Å²) < 4.78 is 48.5. The van der Waals surface area contributed by atoms with Crippen LogP contribution in [0.2, 0.25) is 0 Å². The molecule has 18 heavy (non-hydrogen) atoms. The molecule has 2 N–H and O–H groups in total. The largest absolute Gasteiger partial charge is 0.392 e. The molecule has 0 spiro atoms. The average Bonchev–Trinajstić information content (AvgIpc) is 1.93. The van der Waals surface area contributed by atoms with E-state index < -0.39 is 36.0 Å². The SMILES string of the molecule is CC(C)(C)C(CC(F)(F)F)(O[N+](=O)[O-])P(=O)(O)O. The Hall–Kier alpha value is -0.860. The van der Waals surface area contributed by atoms with E-state index in [1.807, 2.05) is 0 Å². The number of halogens is 3. The first-order chi connectivity index (χ1) is 7.62. The van der Waals surface area contributed by atoms with Crippen LogP contribution in [0.1, 0.15) is 27.2 Å². The maximum Gasteiger partial charge on any atom is 0.392 e. The molecule has 0 saturated carbocycles. The first-order valence-electron chi connectivity index (χ1n) is 4.58. The monoisotopic (exact) mass is 295 g/mol. The van der Waals surface area contributed by atoms with E-state index in [1.165, 1.54) is 0 Å². The van der Waals surface area contributed by atoms with Gasteiger partial charge >= 0.3 is 13.8 Å². The fourth-order valence-corrected chi connectivity index (χ4v) is 2.85. The van der Waals surface area contributed by atoms with Gasteiger partial charge in [0.15, 0.2) is 0 Å². The van der Waals surface area contributed by atoms with Gasteiger partial charge in [-0.2, -0.15) is 13.2 Å². The zero-order valence-corrected chi connectivity index (χ0v) is 10.7. The van der Waals surface area contributed by atoms with Gasteiger partial charge in [0.05, 0.1) is 6.42 Å². The standard InChI is InChI=1S/C7H13F3NO6P/c1-5(2,3)6(17-11(12)13,18(14,15)16)4-7(8,9)10/h4H2,1-3H3,(H2,14,15,16). The van der Waals surface area contributed by atoms with Gasteiger partial charge in [-0.25, -0.2) is 0 Å². The Labute approximate surface area is 100 Å². The van der Waals surface area contributed by atoms with Crippen molar-refractivity contribution in [3.63, 3.8) is 0 Å². The summed E-state index contributed by atoms with van der Waals surface area (Å²) in [5, 5.41) is 5.36. The van der Waals surface area contributed by atoms with E-state index in [-0.39, 0.29) is 0 Å². The molecule has 0 radical (unpaired) electrons. The molecule has 0 fully saturated rings. The quantitative estimate of drug-likeness (QED) is 0.466. The fraction of sp³-hybridized carbons (Fsp3) is 1.00.